The summed E-state index contributed by atoms with van der Waals surface area (Å²) in [5.41, 5.74) is 3.41. The summed E-state index contributed by atoms with van der Waals surface area (Å²) in [7, 11) is 1.34. The molecule has 0 aliphatic rings. The van der Waals surface area contributed by atoms with Gasteiger partial charge in [-0.1, -0.05) is 42.5 Å². The van der Waals surface area contributed by atoms with Crippen LogP contribution in [0.4, 0.5) is 5.69 Å². The Bertz CT molecular complexity index is 720. The Balaban J connectivity index is 2.47. The maximum atomic E-state index is 11.3. The Kier molecular flexibility index (Phi) is 5.09. The van der Waals surface area contributed by atoms with Crippen molar-refractivity contribution in [3.63, 3.8) is 0 Å². The molecule has 0 aliphatic heterocycles. The van der Waals surface area contributed by atoms with Crippen LogP contribution in [0.5, 0.6) is 0 Å². The van der Waals surface area contributed by atoms with Gasteiger partial charge in [0.15, 0.2) is 0 Å². The van der Waals surface area contributed by atoms with Gasteiger partial charge in [0.2, 0.25) is 5.91 Å². The van der Waals surface area contributed by atoms with Crippen molar-refractivity contribution in [3.05, 3.63) is 60.2 Å². The molecule has 0 unspecified atom stereocenters. The Morgan fingerprint density at radius 2 is 1.64 bits per heavy atom. The number of ether oxygens (including phenoxy) is 1. The number of carbonyl (C=O) groups excluding carboxylic acids is 2. The van der Waals surface area contributed by atoms with Gasteiger partial charge in [0, 0.05) is 24.3 Å². The second-order valence-corrected chi connectivity index (χ2v) is 4.67. The Morgan fingerprint density at radius 1 is 1.00 bits per heavy atom. The zero-order valence-electron chi connectivity index (χ0n) is 12.5. The van der Waals surface area contributed by atoms with Crippen molar-refractivity contribution in [2.75, 3.05) is 12.4 Å². The second kappa shape index (κ2) is 7.22. The van der Waals surface area contributed by atoms with Crippen LogP contribution in [-0.2, 0) is 14.3 Å². The molecule has 1 amide bonds. The lowest BCUT2D eigenvalue weighted by molar-refractivity contribution is -0.134. The lowest BCUT2D eigenvalue weighted by Gasteiger charge is -2.12. The van der Waals surface area contributed by atoms with Crippen LogP contribution in [0.2, 0.25) is 0 Å². The van der Waals surface area contributed by atoms with Gasteiger partial charge < -0.3 is 10.1 Å². The van der Waals surface area contributed by atoms with Crippen LogP contribution in [0, 0.1) is 0 Å². The Labute approximate surface area is 129 Å². The number of methoxy groups -OCH3 is 1. The maximum Gasteiger partial charge on any atom is 0.330 e. The van der Waals surface area contributed by atoms with E-state index in [9.17, 15) is 9.59 Å². The number of hydrogen-bond donors (Lipinski definition) is 1. The molecule has 0 radical (unpaired) electrons. The number of anilines is 1. The second-order valence-electron chi connectivity index (χ2n) is 4.67. The molecule has 4 heteroatoms. The molecular weight excluding hydrogens is 278 g/mol. The highest BCUT2D eigenvalue weighted by Gasteiger charge is 2.08. The van der Waals surface area contributed by atoms with E-state index < -0.39 is 5.97 Å². The minimum Gasteiger partial charge on any atom is -0.466 e. The van der Waals surface area contributed by atoms with E-state index >= 15 is 0 Å². The smallest absolute Gasteiger partial charge is 0.330 e. The summed E-state index contributed by atoms with van der Waals surface area (Å²) in [4.78, 5) is 22.6. The number of nitrogens with one attached hydrogen (secondary N) is 1. The quantitative estimate of drug-likeness (QED) is 0.694. The summed E-state index contributed by atoms with van der Waals surface area (Å²) in [6, 6.07) is 15.2. The molecule has 0 aromatic heterocycles. The molecule has 0 aliphatic carbocycles. The molecule has 1 N–H and O–H groups in total. The molecule has 0 saturated carbocycles. The zero-order valence-corrected chi connectivity index (χ0v) is 12.5. The van der Waals surface area contributed by atoms with E-state index in [1.165, 1.54) is 20.1 Å². The van der Waals surface area contributed by atoms with Gasteiger partial charge in [-0.3, -0.25) is 4.79 Å². The first-order chi connectivity index (χ1) is 10.6. The molecular formula is C18H17NO3. The summed E-state index contributed by atoms with van der Waals surface area (Å²) in [5, 5.41) is 2.82. The molecule has 0 heterocycles. The van der Waals surface area contributed by atoms with Crippen molar-refractivity contribution < 1.29 is 14.3 Å². The number of rotatable bonds is 4. The molecule has 112 valence electrons. The number of carbonyl (C=O) groups is 2. The number of hydrogen-bond acceptors (Lipinski definition) is 3. The molecule has 2 aromatic carbocycles. The minimum atomic E-state index is -0.412. The van der Waals surface area contributed by atoms with Crippen molar-refractivity contribution >= 4 is 23.6 Å². The van der Waals surface area contributed by atoms with E-state index in [-0.39, 0.29) is 5.91 Å². The molecule has 2 aromatic rings. The van der Waals surface area contributed by atoms with E-state index in [2.05, 4.69) is 10.1 Å². The fourth-order valence-electron chi connectivity index (χ4n) is 2.13. The molecule has 0 spiro atoms. The number of esters is 1. The van der Waals surface area contributed by atoms with Crippen molar-refractivity contribution in [1.29, 1.82) is 0 Å². The molecule has 22 heavy (non-hydrogen) atoms. The molecule has 0 bridgehead atoms. The maximum absolute atomic E-state index is 11.3. The van der Waals surface area contributed by atoms with Gasteiger partial charge in [-0.25, -0.2) is 4.79 Å². The van der Waals surface area contributed by atoms with Crippen molar-refractivity contribution in [3.8, 4) is 11.1 Å². The predicted molar refractivity (Wildman–Crippen MR) is 87.2 cm³/mol. The highest BCUT2D eigenvalue weighted by Crippen LogP contribution is 2.31. The van der Waals surface area contributed by atoms with Crippen LogP contribution in [-0.4, -0.2) is 19.0 Å². The van der Waals surface area contributed by atoms with Gasteiger partial charge in [0.05, 0.1) is 7.11 Å². The van der Waals surface area contributed by atoms with Crippen molar-refractivity contribution in [1.82, 2.24) is 0 Å². The van der Waals surface area contributed by atoms with Gasteiger partial charge >= 0.3 is 5.97 Å². The third-order valence-electron chi connectivity index (χ3n) is 3.09. The van der Waals surface area contributed by atoms with Crippen molar-refractivity contribution in [2.24, 2.45) is 0 Å². The fourth-order valence-corrected chi connectivity index (χ4v) is 2.13. The summed E-state index contributed by atoms with van der Waals surface area (Å²) in [6.45, 7) is 1.47. The van der Waals surface area contributed by atoms with Crippen LogP contribution in [0.25, 0.3) is 17.2 Å². The van der Waals surface area contributed by atoms with Crippen LogP contribution in [0.1, 0.15) is 12.5 Å². The first-order valence-electron chi connectivity index (χ1n) is 6.84. The largest absolute Gasteiger partial charge is 0.466 e. The van der Waals surface area contributed by atoms with Gasteiger partial charge in [0.1, 0.15) is 0 Å². The SMILES string of the molecule is COC(=O)/C=C/c1ccccc1-c1ccccc1NC(C)=O. The van der Waals surface area contributed by atoms with E-state index in [4.69, 9.17) is 0 Å². The van der Waals surface area contributed by atoms with Crippen LogP contribution in [0.15, 0.2) is 54.6 Å². The van der Waals surface area contributed by atoms with Gasteiger partial charge in [0.25, 0.3) is 0 Å². The Hall–Kier alpha value is -2.88. The highest BCUT2D eigenvalue weighted by atomic mass is 16.5. The zero-order chi connectivity index (χ0) is 15.9. The first-order valence-corrected chi connectivity index (χ1v) is 6.84. The number of benzene rings is 2. The van der Waals surface area contributed by atoms with E-state index in [1.807, 2.05) is 48.5 Å². The monoisotopic (exact) mass is 295 g/mol. The topological polar surface area (TPSA) is 55.4 Å². The predicted octanol–water partition coefficient (Wildman–Crippen LogP) is 3.50. The molecule has 4 nitrogen and oxygen atoms in total. The van der Waals surface area contributed by atoms with Gasteiger partial charge in [-0.15, -0.1) is 0 Å². The lowest BCUT2D eigenvalue weighted by atomic mass is 9.97. The first kappa shape index (κ1) is 15.5. The highest BCUT2D eigenvalue weighted by molar-refractivity contribution is 5.96. The standard InChI is InChI=1S/C18H17NO3/c1-13(20)19-17-10-6-5-9-16(17)15-8-4-3-7-14(15)11-12-18(21)22-2/h3-12H,1-2H3,(H,19,20)/b12-11+. The molecule has 0 atom stereocenters. The van der Waals surface area contributed by atoms with E-state index in [0.717, 1.165) is 22.4 Å². The summed E-state index contributed by atoms with van der Waals surface area (Å²) >= 11 is 0. The third-order valence-corrected chi connectivity index (χ3v) is 3.09. The van der Waals surface area contributed by atoms with E-state index in [1.54, 1.807) is 6.08 Å². The van der Waals surface area contributed by atoms with Crippen LogP contribution in [0.3, 0.4) is 0 Å². The normalized spacial score (nSPS) is 10.5. The van der Waals surface area contributed by atoms with Crippen molar-refractivity contribution in [2.45, 2.75) is 6.92 Å². The number of para-hydroxylation sites is 1. The summed E-state index contributed by atoms with van der Waals surface area (Å²) in [6.07, 6.45) is 3.07. The molecule has 0 saturated heterocycles. The van der Waals surface area contributed by atoms with Crippen LogP contribution >= 0.6 is 0 Å². The number of amides is 1. The third kappa shape index (κ3) is 3.82. The van der Waals surface area contributed by atoms with E-state index in [0.29, 0.717) is 0 Å². The average Bonchev–Trinajstić information content (AvgIpc) is 2.53. The lowest BCUT2D eigenvalue weighted by Crippen LogP contribution is -2.07. The van der Waals surface area contributed by atoms with Gasteiger partial charge in [-0.05, 0) is 23.3 Å². The van der Waals surface area contributed by atoms with Gasteiger partial charge in [-0.2, -0.15) is 0 Å². The molecule has 2 rings (SSSR count). The van der Waals surface area contributed by atoms with Crippen LogP contribution < -0.4 is 5.32 Å². The fraction of sp³-hybridized carbons (Fsp3) is 0.111. The average molecular weight is 295 g/mol. The summed E-state index contributed by atoms with van der Waals surface area (Å²) < 4.78 is 4.61. The Morgan fingerprint density at radius 3 is 2.32 bits per heavy atom. The minimum absolute atomic E-state index is 0.130. The molecule has 0 fully saturated rings. The summed E-state index contributed by atoms with van der Waals surface area (Å²) in [5.74, 6) is -0.542.